The number of carbonyl (C=O) groups excluding carboxylic acids is 1. The highest BCUT2D eigenvalue weighted by Gasteiger charge is 2.33. The minimum atomic E-state index is -0.229. The Morgan fingerprint density at radius 2 is 2.04 bits per heavy atom. The number of ether oxygens (including phenoxy) is 1. The number of anilines is 1. The van der Waals surface area contributed by atoms with Gasteiger partial charge in [0.2, 0.25) is 0 Å². The summed E-state index contributed by atoms with van der Waals surface area (Å²) < 4.78 is 5.64. The van der Waals surface area contributed by atoms with Gasteiger partial charge >= 0.3 is 0 Å². The number of pyridine rings is 1. The zero-order valence-electron chi connectivity index (χ0n) is 14.2. The third kappa shape index (κ3) is 3.39. The van der Waals surface area contributed by atoms with Crippen LogP contribution in [-0.2, 0) is 4.79 Å². The number of benzene rings is 2. The number of carbonyl (C=O) groups is 1. The van der Waals surface area contributed by atoms with E-state index in [9.17, 15) is 9.90 Å². The summed E-state index contributed by atoms with van der Waals surface area (Å²) in [6, 6.07) is 15.9. The molecule has 3 aromatic rings. The SMILES string of the molecule is COc1ccc2nc(C=C3SC(=S)N(c4cccc(O)c4)C3=O)ccc2c1. The normalized spacial score (nSPS) is 15.7. The number of thioether (sulfide) groups is 1. The molecule has 0 aliphatic carbocycles. The molecular formula is C20H14N2O3S2. The van der Waals surface area contributed by atoms with E-state index in [4.69, 9.17) is 17.0 Å². The predicted molar refractivity (Wildman–Crippen MR) is 112 cm³/mol. The van der Waals surface area contributed by atoms with Gasteiger partial charge in [0.05, 0.1) is 28.9 Å². The second-order valence-corrected chi connectivity index (χ2v) is 7.51. The van der Waals surface area contributed by atoms with Crippen LogP contribution in [0.15, 0.2) is 59.5 Å². The van der Waals surface area contributed by atoms with E-state index in [2.05, 4.69) is 4.98 Å². The van der Waals surface area contributed by atoms with Gasteiger partial charge in [-0.3, -0.25) is 9.69 Å². The molecule has 1 saturated heterocycles. The van der Waals surface area contributed by atoms with Crippen LogP contribution in [0.5, 0.6) is 11.5 Å². The monoisotopic (exact) mass is 394 g/mol. The van der Waals surface area contributed by atoms with Crippen LogP contribution in [-0.4, -0.2) is 27.4 Å². The summed E-state index contributed by atoms with van der Waals surface area (Å²) in [6.07, 6.45) is 1.73. The van der Waals surface area contributed by atoms with E-state index in [-0.39, 0.29) is 11.7 Å². The third-order valence-corrected chi connectivity index (χ3v) is 5.38. The summed E-state index contributed by atoms with van der Waals surface area (Å²) in [6.45, 7) is 0. The molecule has 1 fully saturated rings. The average Bonchev–Trinajstić information content (AvgIpc) is 2.94. The van der Waals surface area contributed by atoms with Gasteiger partial charge in [-0.15, -0.1) is 0 Å². The van der Waals surface area contributed by atoms with E-state index in [0.717, 1.165) is 16.7 Å². The Morgan fingerprint density at radius 1 is 1.19 bits per heavy atom. The average molecular weight is 394 g/mol. The highest BCUT2D eigenvalue weighted by molar-refractivity contribution is 8.27. The van der Waals surface area contributed by atoms with Crippen molar-refractivity contribution in [1.29, 1.82) is 0 Å². The van der Waals surface area contributed by atoms with Crippen LogP contribution < -0.4 is 9.64 Å². The first-order valence-electron chi connectivity index (χ1n) is 8.07. The maximum Gasteiger partial charge on any atom is 0.270 e. The number of phenolic OH excluding ortho intramolecular Hbond substituents is 1. The Morgan fingerprint density at radius 3 is 2.81 bits per heavy atom. The number of fused-ring (bicyclic) bond motifs is 1. The largest absolute Gasteiger partial charge is 0.508 e. The smallest absolute Gasteiger partial charge is 0.270 e. The molecule has 0 spiro atoms. The lowest BCUT2D eigenvalue weighted by atomic mass is 10.2. The lowest BCUT2D eigenvalue weighted by Gasteiger charge is -2.14. The van der Waals surface area contributed by atoms with E-state index >= 15 is 0 Å². The van der Waals surface area contributed by atoms with Crippen molar-refractivity contribution in [2.24, 2.45) is 0 Å². The lowest BCUT2D eigenvalue weighted by molar-refractivity contribution is -0.113. The number of phenols is 1. The third-order valence-electron chi connectivity index (χ3n) is 4.08. The standard InChI is InChI=1S/C20H14N2O3S2/c1-25-16-7-8-17-12(9-16)5-6-13(21-17)10-18-19(24)22(20(26)27-18)14-3-2-4-15(23)11-14/h2-11,23H,1H3. The van der Waals surface area contributed by atoms with Gasteiger partial charge in [-0.2, -0.15) is 0 Å². The molecular weight excluding hydrogens is 380 g/mol. The van der Waals surface area contributed by atoms with E-state index in [1.807, 2.05) is 30.3 Å². The molecule has 1 aliphatic heterocycles. The van der Waals surface area contributed by atoms with Crippen LogP contribution in [0.25, 0.3) is 17.0 Å². The van der Waals surface area contributed by atoms with Gasteiger partial charge in [-0.1, -0.05) is 36.1 Å². The number of amides is 1. The van der Waals surface area contributed by atoms with Crippen LogP contribution in [0.3, 0.4) is 0 Å². The number of methoxy groups -OCH3 is 1. The van der Waals surface area contributed by atoms with Gasteiger partial charge in [0.15, 0.2) is 4.32 Å². The van der Waals surface area contributed by atoms with Gasteiger partial charge in [-0.25, -0.2) is 4.98 Å². The summed E-state index contributed by atoms with van der Waals surface area (Å²) >= 11 is 6.57. The molecule has 27 heavy (non-hydrogen) atoms. The van der Waals surface area contributed by atoms with E-state index in [1.165, 1.54) is 22.7 Å². The Labute approximate surface area is 165 Å². The van der Waals surface area contributed by atoms with E-state index in [1.54, 1.807) is 31.4 Å². The molecule has 5 nitrogen and oxygen atoms in total. The van der Waals surface area contributed by atoms with Crippen molar-refractivity contribution in [2.75, 3.05) is 12.0 Å². The minimum absolute atomic E-state index is 0.0807. The summed E-state index contributed by atoms with van der Waals surface area (Å²) in [7, 11) is 1.62. The zero-order chi connectivity index (χ0) is 19.0. The number of rotatable bonds is 3. The second-order valence-electron chi connectivity index (χ2n) is 5.83. The van der Waals surface area contributed by atoms with Crippen LogP contribution in [0.2, 0.25) is 0 Å². The van der Waals surface area contributed by atoms with Gasteiger partial charge in [-0.05, 0) is 42.5 Å². The van der Waals surface area contributed by atoms with Gasteiger partial charge in [0.1, 0.15) is 11.5 Å². The van der Waals surface area contributed by atoms with Crippen molar-refractivity contribution in [2.45, 2.75) is 0 Å². The predicted octanol–water partition coefficient (Wildman–Crippen LogP) is 4.35. The van der Waals surface area contributed by atoms with Crippen molar-refractivity contribution in [3.63, 3.8) is 0 Å². The number of hydrogen-bond acceptors (Lipinski definition) is 6. The number of hydrogen-bond donors (Lipinski definition) is 1. The van der Waals surface area contributed by atoms with Crippen LogP contribution in [0.4, 0.5) is 5.69 Å². The summed E-state index contributed by atoms with van der Waals surface area (Å²) in [5.41, 5.74) is 2.02. The van der Waals surface area contributed by atoms with E-state index < -0.39 is 0 Å². The maximum absolute atomic E-state index is 12.8. The Hall–Kier alpha value is -2.90. The summed E-state index contributed by atoms with van der Waals surface area (Å²) in [4.78, 5) is 19.3. The van der Waals surface area contributed by atoms with Crippen molar-refractivity contribution in [3.8, 4) is 11.5 Å². The molecule has 0 bridgehead atoms. The molecule has 1 amide bonds. The molecule has 2 heterocycles. The number of aromatic nitrogens is 1. The Kier molecular flexibility index (Phi) is 4.55. The number of thiocarbonyl (C=S) groups is 1. The fourth-order valence-electron chi connectivity index (χ4n) is 2.78. The summed E-state index contributed by atoms with van der Waals surface area (Å²) in [5.74, 6) is 0.619. The highest BCUT2D eigenvalue weighted by Crippen LogP contribution is 2.36. The maximum atomic E-state index is 12.8. The quantitative estimate of drug-likeness (QED) is 0.526. The first kappa shape index (κ1) is 17.5. The number of nitrogens with zero attached hydrogens (tertiary/aromatic N) is 2. The lowest BCUT2D eigenvalue weighted by Crippen LogP contribution is -2.27. The summed E-state index contributed by atoms with van der Waals surface area (Å²) in [5, 5.41) is 10.6. The Bertz CT molecular complexity index is 1110. The Balaban J connectivity index is 1.67. The van der Waals surface area contributed by atoms with Crippen molar-refractivity contribution in [3.05, 3.63) is 65.2 Å². The molecule has 134 valence electrons. The zero-order valence-corrected chi connectivity index (χ0v) is 15.9. The van der Waals surface area contributed by atoms with Gasteiger partial charge in [0, 0.05) is 11.5 Å². The van der Waals surface area contributed by atoms with Crippen molar-refractivity contribution in [1.82, 2.24) is 4.98 Å². The topological polar surface area (TPSA) is 62.7 Å². The number of aromatic hydroxyl groups is 1. The first-order chi connectivity index (χ1) is 13.0. The molecule has 0 unspecified atom stereocenters. The molecule has 7 heteroatoms. The van der Waals surface area contributed by atoms with Crippen molar-refractivity contribution >= 4 is 56.9 Å². The van der Waals surface area contributed by atoms with Crippen LogP contribution in [0.1, 0.15) is 5.69 Å². The molecule has 1 aliphatic rings. The second kappa shape index (κ2) is 7.02. The van der Waals surface area contributed by atoms with Gasteiger partial charge < -0.3 is 9.84 Å². The molecule has 0 atom stereocenters. The fraction of sp³-hybridized carbons (Fsp3) is 0.0500. The molecule has 0 saturated carbocycles. The van der Waals surface area contributed by atoms with Crippen LogP contribution in [0, 0.1) is 0 Å². The van der Waals surface area contributed by atoms with Crippen molar-refractivity contribution < 1.29 is 14.6 Å². The fourth-order valence-corrected chi connectivity index (χ4v) is 4.07. The van der Waals surface area contributed by atoms with Crippen LogP contribution >= 0.6 is 24.0 Å². The minimum Gasteiger partial charge on any atom is -0.508 e. The molecule has 1 aromatic heterocycles. The molecule has 4 rings (SSSR count). The van der Waals surface area contributed by atoms with Gasteiger partial charge in [0.25, 0.3) is 5.91 Å². The molecule has 0 radical (unpaired) electrons. The van der Waals surface area contributed by atoms with E-state index in [0.29, 0.717) is 20.6 Å². The molecule has 2 aromatic carbocycles. The highest BCUT2D eigenvalue weighted by atomic mass is 32.2. The first-order valence-corrected chi connectivity index (χ1v) is 9.29. The molecule has 1 N–H and O–H groups in total.